The van der Waals surface area contributed by atoms with E-state index in [1.165, 1.54) is 5.38 Å². The van der Waals surface area contributed by atoms with Crippen LogP contribution >= 0.6 is 11.3 Å². The van der Waals surface area contributed by atoms with Gasteiger partial charge in [0.1, 0.15) is 4.21 Å². The third kappa shape index (κ3) is 4.27. The second-order valence-electron chi connectivity index (χ2n) is 4.44. The quantitative estimate of drug-likeness (QED) is 0.700. The van der Waals surface area contributed by atoms with Crippen molar-refractivity contribution >= 4 is 27.3 Å². The monoisotopic (exact) mass is 307 g/mol. The molecule has 0 fully saturated rings. The van der Waals surface area contributed by atoms with Crippen LogP contribution in [0.4, 0.5) is 0 Å². The normalized spacial score (nSPS) is 13.7. The topological polar surface area (TPSA) is 104 Å². The molecule has 1 aromatic heterocycles. The maximum Gasteiger partial charge on any atom is 0.336 e. The van der Waals surface area contributed by atoms with Gasteiger partial charge in [0.15, 0.2) is 0 Å². The van der Waals surface area contributed by atoms with Crippen LogP contribution in [0.1, 0.15) is 30.6 Å². The maximum absolute atomic E-state index is 12.1. The number of carboxylic acid groups (broad SMARTS) is 1. The van der Waals surface area contributed by atoms with Crippen LogP contribution in [-0.2, 0) is 10.0 Å². The molecule has 0 aliphatic carbocycles. The number of carbonyl (C=O) groups is 1. The Morgan fingerprint density at radius 2 is 2.11 bits per heavy atom. The number of nitrogens with one attached hydrogen (secondary N) is 1. The van der Waals surface area contributed by atoms with Gasteiger partial charge < -0.3 is 10.2 Å². The number of rotatable bonds is 7. The third-order valence-corrected chi connectivity index (χ3v) is 5.57. The standard InChI is InChI=1S/C11H17NO5S2/c1-7(2)9(3-4-13)12-19(16,17)10-5-8(6-18-10)11(14)15/h5-7,9,12-13H,3-4H2,1-2H3,(H,14,15). The first kappa shape index (κ1) is 16.1. The van der Waals surface area contributed by atoms with E-state index >= 15 is 0 Å². The van der Waals surface area contributed by atoms with E-state index in [0.29, 0.717) is 6.42 Å². The van der Waals surface area contributed by atoms with Gasteiger partial charge in [-0.2, -0.15) is 0 Å². The third-order valence-electron chi connectivity index (χ3n) is 2.64. The number of aliphatic hydroxyl groups is 1. The molecule has 0 saturated carbocycles. The number of hydrogen-bond donors (Lipinski definition) is 3. The summed E-state index contributed by atoms with van der Waals surface area (Å²) in [6.45, 7) is 3.58. The fraction of sp³-hybridized carbons (Fsp3) is 0.545. The Bertz CT molecular complexity index is 535. The van der Waals surface area contributed by atoms with Gasteiger partial charge in [-0.1, -0.05) is 13.8 Å². The van der Waals surface area contributed by atoms with Crippen LogP contribution < -0.4 is 4.72 Å². The van der Waals surface area contributed by atoms with E-state index < -0.39 is 16.0 Å². The van der Waals surface area contributed by atoms with E-state index in [1.807, 2.05) is 13.8 Å². The van der Waals surface area contributed by atoms with Gasteiger partial charge >= 0.3 is 5.97 Å². The van der Waals surface area contributed by atoms with E-state index in [-0.39, 0.29) is 28.3 Å². The van der Waals surface area contributed by atoms with Gasteiger partial charge in [-0.3, -0.25) is 0 Å². The molecule has 19 heavy (non-hydrogen) atoms. The van der Waals surface area contributed by atoms with E-state index in [0.717, 1.165) is 17.4 Å². The molecule has 3 N–H and O–H groups in total. The van der Waals surface area contributed by atoms with Crippen molar-refractivity contribution in [3.63, 3.8) is 0 Å². The summed E-state index contributed by atoms with van der Waals surface area (Å²) in [5.74, 6) is -1.13. The molecule has 0 bridgehead atoms. The molecule has 1 heterocycles. The Morgan fingerprint density at radius 1 is 1.47 bits per heavy atom. The predicted molar refractivity (Wildman–Crippen MR) is 71.9 cm³/mol. The molecule has 0 aliphatic heterocycles. The van der Waals surface area contributed by atoms with Crippen molar-refractivity contribution in [3.05, 3.63) is 17.0 Å². The van der Waals surface area contributed by atoms with Gasteiger partial charge in [0.05, 0.1) is 5.56 Å². The summed E-state index contributed by atoms with van der Waals surface area (Å²) in [5, 5.41) is 19.0. The highest BCUT2D eigenvalue weighted by Crippen LogP contribution is 2.21. The van der Waals surface area contributed by atoms with Gasteiger partial charge in [0, 0.05) is 18.0 Å². The van der Waals surface area contributed by atoms with Crippen molar-refractivity contribution in [1.82, 2.24) is 4.72 Å². The van der Waals surface area contributed by atoms with Crippen LogP contribution in [-0.4, -0.2) is 37.2 Å². The summed E-state index contributed by atoms with van der Waals surface area (Å²) < 4.78 is 26.6. The molecule has 6 nitrogen and oxygen atoms in total. The van der Waals surface area contributed by atoms with E-state index in [1.54, 1.807) is 0 Å². The van der Waals surface area contributed by atoms with Gasteiger partial charge in [-0.05, 0) is 18.4 Å². The molecule has 0 aliphatic rings. The van der Waals surface area contributed by atoms with Crippen molar-refractivity contribution < 1.29 is 23.4 Å². The Balaban J connectivity index is 2.93. The van der Waals surface area contributed by atoms with Crippen molar-refractivity contribution in [2.24, 2.45) is 5.92 Å². The minimum absolute atomic E-state index is 0.0285. The average Bonchev–Trinajstić information content (AvgIpc) is 2.78. The summed E-state index contributed by atoms with van der Waals surface area (Å²) >= 11 is 0.863. The molecule has 1 aromatic rings. The van der Waals surface area contributed by atoms with E-state index in [9.17, 15) is 13.2 Å². The molecule has 0 spiro atoms. The Hall–Kier alpha value is -0.960. The number of sulfonamides is 1. The van der Waals surface area contributed by atoms with Crippen LogP contribution in [0.15, 0.2) is 15.7 Å². The second-order valence-corrected chi connectivity index (χ2v) is 7.30. The Morgan fingerprint density at radius 3 is 2.53 bits per heavy atom. The van der Waals surface area contributed by atoms with Crippen LogP contribution in [0.2, 0.25) is 0 Å². The Kier molecular flexibility index (Phi) is 5.48. The predicted octanol–water partition coefficient (Wildman–Crippen LogP) is 1.13. The van der Waals surface area contributed by atoms with Crippen molar-refractivity contribution in [1.29, 1.82) is 0 Å². The van der Waals surface area contributed by atoms with Crippen LogP contribution in [0, 0.1) is 5.92 Å². The minimum atomic E-state index is -3.75. The van der Waals surface area contributed by atoms with Crippen LogP contribution in [0.25, 0.3) is 0 Å². The molecule has 0 saturated heterocycles. The lowest BCUT2D eigenvalue weighted by molar-refractivity contribution is 0.0697. The van der Waals surface area contributed by atoms with Crippen LogP contribution in [0.3, 0.4) is 0 Å². The second kappa shape index (κ2) is 6.47. The molecule has 8 heteroatoms. The summed E-state index contributed by atoms with van der Waals surface area (Å²) in [6, 6.07) is 0.747. The first-order valence-electron chi connectivity index (χ1n) is 5.73. The molecule has 1 unspecified atom stereocenters. The largest absolute Gasteiger partial charge is 0.478 e. The van der Waals surface area contributed by atoms with Crippen LogP contribution in [0.5, 0.6) is 0 Å². The molecule has 0 radical (unpaired) electrons. The van der Waals surface area contributed by atoms with Crippen molar-refractivity contribution in [3.8, 4) is 0 Å². The number of thiophene rings is 1. The number of aromatic carboxylic acids is 1. The van der Waals surface area contributed by atoms with Gasteiger partial charge in [0.2, 0.25) is 10.0 Å². The number of carboxylic acids is 1. The zero-order valence-corrected chi connectivity index (χ0v) is 12.3. The van der Waals surface area contributed by atoms with Gasteiger partial charge in [-0.15, -0.1) is 11.3 Å². The maximum atomic E-state index is 12.1. The summed E-state index contributed by atoms with van der Waals surface area (Å²) in [7, 11) is -3.75. The van der Waals surface area contributed by atoms with E-state index in [2.05, 4.69) is 4.72 Å². The fourth-order valence-corrected chi connectivity index (χ4v) is 4.08. The molecule has 1 rings (SSSR count). The molecule has 0 aromatic carbocycles. The highest BCUT2D eigenvalue weighted by atomic mass is 32.2. The van der Waals surface area contributed by atoms with E-state index in [4.69, 9.17) is 10.2 Å². The smallest absolute Gasteiger partial charge is 0.336 e. The SMILES string of the molecule is CC(C)C(CCO)NS(=O)(=O)c1cc(C(=O)O)cs1. The number of hydrogen-bond acceptors (Lipinski definition) is 5. The lowest BCUT2D eigenvalue weighted by Crippen LogP contribution is -2.38. The molecule has 1 atom stereocenters. The van der Waals surface area contributed by atoms with Crippen molar-refractivity contribution in [2.75, 3.05) is 6.61 Å². The first-order valence-corrected chi connectivity index (χ1v) is 8.09. The highest BCUT2D eigenvalue weighted by molar-refractivity contribution is 7.91. The lowest BCUT2D eigenvalue weighted by atomic mass is 10.0. The average molecular weight is 307 g/mol. The molecular weight excluding hydrogens is 290 g/mol. The molecular formula is C11H17NO5S2. The highest BCUT2D eigenvalue weighted by Gasteiger charge is 2.24. The summed E-state index contributed by atoms with van der Waals surface area (Å²) in [5.41, 5.74) is -0.0476. The zero-order valence-electron chi connectivity index (χ0n) is 10.7. The summed E-state index contributed by atoms with van der Waals surface area (Å²) in [4.78, 5) is 10.7. The Labute approximate surface area is 116 Å². The molecule has 108 valence electrons. The van der Waals surface area contributed by atoms with Crippen molar-refractivity contribution in [2.45, 2.75) is 30.5 Å². The number of aliphatic hydroxyl groups excluding tert-OH is 1. The summed E-state index contributed by atoms with van der Waals surface area (Å²) in [6.07, 6.45) is 0.314. The fourth-order valence-electron chi connectivity index (χ4n) is 1.49. The lowest BCUT2D eigenvalue weighted by Gasteiger charge is -2.20. The molecule has 0 amide bonds. The first-order chi connectivity index (χ1) is 8.77. The van der Waals surface area contributed by atoms with Gasteiger partial charge in [0.25, 0.3) is 0 Å². The van der Waals surface area contributed by atoms with Gasteiger partial charge in [-0.25, -0.2) is 17.9 Å². The zero-order chi connectivity index (χ0) is 14.6. The minimum Gasteiger partial charge on any atom is -0.478 e.